The fourth-order valence-corrected chi connectivity index (χ4v) is 1.44. The number of methoxy groups -OCH3 is 1. The van der Waals surface area contributed by atoms with E-state index in [1.165, 1.54) is 25.6 Å². The highest BCUT2D eigenvalue weighted by atomic mass is 35.5. The molecule has 1 heterocycles. The van der Waals surface area contributed by atoms with E-state index < -0.39 is 5.82 Å². The molecule has 0 amide bonds. The molecule has 0 aliphatic carbocycles. The molecule has 0 bridgehead atoms. The van der Waals surface area contributed by atoms with E-state index in [1.807, 2.05) is 0 Å². The number of halogens is 2. The molecule has 1 N–H and O–H groups in total. The third-order valence-electron chi connectivity index (χ3n) is 2.06. The average Bonchev–Trinajstić information content (AvgIpc) is 2.29. The normalized spacial score (nSPS) is 10.1. The van der Waals surface area contributed by atoms with Gasteiger partial charge >= 0.3 is 0 Å². The first-order chi connectivity index (χ1) is 8.19. The molecular formula is C11H9ClFN3O. The highest BCUT2D eigenvalue weighted by molar-refractivity contribution is 6.29. The van der Waals surface area contributed by atoms with Crippen molar-refractivity contribution in [1.29, 1.82) is 0 Å². The second kappa shape index (κ2) is 4.97. The molecule has 17 heavy (non-hydrogen) atoms. The predicted molar refractivity (Wildman–Crippen MR) is 63.3 cm³/mol. The summed E-state index contributed by atoms with van der Waals surface area (Å²) in [6.45, 7) is 0. The van der Waals surface area contributed by atoms with Crippen molar-refractivity contribution >= 4 is 23.1 Å². The van der Waals surface area contributed by atoms with Crippen LogP contribution in [0.4, 0.5) is 15.9 Å². The Morgan fingerprint density at radius 1 is 1.29 bits per heavy atom. The molecule has 0 radical (unpaired) electrons. The zero-order valence-corrected chi connectivity index (χ0v) is 9.70. The molecule has 0 aliphatic rings. The van der Waals surface area contributed by atoms with Crippen LogP contribution in [-0.4, -0.2) is 17.1 Å². The molecule has 0 spiro atoms. The summed E-state index contributed by atoms with van der Waals surface area (Å²) in [7, 11) is 1.41. The minimum atomic E-state index is -0.447. The largest absolute Gasteiger partial charge is 0.494 e. The Kier molecular flexibility index (Phi) is 3.39. The highest BCUT2D eigenvalue weighted by Crippen LogP contribution is 2.23. The van der Waals surface area contributed by atoms with Gasteiger partial charge in [-0.2, -0.15) is 0 Å². The maximum atomic E-state index is 13.4. The number of nitrogens with one attached hydrogen (secondary N) is 1. The van der Waals surface area contributed by atoms with Gasteiger partial charge in [0.05, 0.1) is 7.11 Å². The van der Waals surface area contributed by atoms with Crippen LogP contribution in [0.3, 0.4) is 0 Å². The van der Waals surface area contributed by atoms with Crippen LogP contribution in [-0.2, 0) is 0 Å². The molecule has 6 heteroatoms. The van der Waals surface area contributed by atoms with Crippen LogP contribution in [0.5, 0.6) is 5.75 Å². The predicted octanol–water partition coefficient (Wildman–Crippen LogP) is 3.02. The third kappa shape index (κ3) is 2.82. The smallest absolute Gasteiger partial charge is 0.167 e. The van der Waals surface area contributed by atoms with Gasteiger partial charge in [0, 0.05) is 17.8 Å². The molecule has 0 atom stereocenters. The number of aromatic nitrogens is 2. The van der Waals surface area contributed by atoms with Crippen LogP contribution in [0, 0.1) is 5.82 Å². The average molecular weight is 254 g/mol. The monoisotopic (exact) mass is 253 g/mol. The Bertz CT molecular complexity index is 536. The van der Waals surface area contributed by atoms with Crippen LogP contribution in [0.15, 0.2) is 30.6 Å². The van der Waals surface area contributed by atoms with E-state index in [-0.39, 0.29) is 5.75 Å². The maximum absolute atomic E-state index is 13.4. The van der Waals surface area contributed by atoms with E-state index in [9.17, 15) is 4.39 Å². The topological polar surface area (TPSA) is 47.0 Å². The van der Waals surface area contributed by atoms with Crippen LogP contribution in [0.2, 0.25) is 5.15 Å². The highest BCUT2D eigenvalue weighted by Gasteiger charge is 2.04. The number of ether oxygens (including phenoxy) is 1. The van der Waals surface area contributed by atoms with Crippen molar-refractivity contribution in [1.82, 2.24) is 9.97 Å². The SMILES string of the molecule is COc1ccc(Nc2cc(Cl)ncn2)cc1F. The van der Waals surface area contributed by atoms with Gasteiger partial charge in [0.25, 0.3) is 0 Å². The van der Waals surface area contributed by atoms with Gasteiger partial charge in [-0.05, 0) is 12.1 Å². The Morgan fingerprint density at radius 3 is 2.76 bits per heavy atom. The summed E-state index contributed by atoms with van der Waals surface area (Å²) in [6.07, 6.45) is 1.32. The number of anilines is 2. The van der Waals surface area contributed by atoms with E-state index in [1.54, 1.807) is 12.1 Å². The van der Waals surface area contributed by atoms with E-state index in [2.05, 4.69) is 15.3 Å². The lowest BCUT2D eigenvalue weighted by Crippen LogP contribution is -1.95. The Morgan fingerprint density at radius 2 is 2.12 bits per heavy atom. The van der Waals surface area contributed by atoms with Gasteiger partial charge in [-0.15, -0.1) is 0 Å². The van der Waals surface area contributed by atoms with Crippen molar-refractivity contribution in [3.63, 3.8) is 0 Å². The molecule has 0 aliphatic heterocycles. The molecule has 1 aromatic carbocycles. The second-order valence-corrected chi connectivity index (χ2v) is 3.59. The van der Waals surface area contributed by atoms with Crippen LogP contribution in [0.1, 0.15) is 0 Å². The number of hydrogen-bond donors (Lipinski definition) is 1. The lowest BCUT2D eigenvalue weighted by molar-refractivity contribution is 0.386. The molecule has 2 aromatic rings. The van der Waals surface area contributed by atoms with Crippen LogP contribution in [0.25, 0.3) is 0 Å². The number of benzene rings is 1. The standard InChI is InChI=1S/C11H9ClFN3O/c1-17-9-3-2-7(4-8(9)13)16-11-5-10(12)14-6-15-11/h2-6H,1H3,(H,14,15,16). The summed E-state index contributed by atoms with van der Waals surface area (Å²) < 4.78 is 18.2. The molecule has 0 fully saturated rings. The third-order valence-corrected chi connectivity index (χ3v) is 2.26. The molecule has 0 saturated heterocycles. The van der Waals surface area contributed by atoms with Gasteiger partial charge in [0.1, 0.15) is 17.3 Å². The zero-order valence-electron chi connectivity index (χ0n) is 8.95. The fourth-order valence-electron chi connectivity index (χ4n) is 1.29. The zero-order chi connectivity index (χ0) is 12.3. The maximum Gasteiger partial charge on any atom is 0.167 e. The van der Waals surface area contributed by atoms with E-state index in [0.29, 0.717) is 16.7 Å². The Balaban J connectivity index is 2.22. The van der Waals surface area contributed by atoms with Gasteiger partial charge in [-0.3, -0.25) is 0 Å². The summed E-state index contributed by atoms with van der Waals surface area (Å²) in [5.74, 6) is 0.239. The first kappa shape index (κ1) is 11.6. The minimum absolute atomic E-state index is 0.191. The van der Waals surface area contributed by atoms with Crippen LogP contribution < -0.4 is 10.1 Å². The molecule has 0 unspecified atom stereocenters. The Labute approximate surface area is 102 Å². The molecule has 1 aromatic heterocycles. The van der Waals surface area contributed by atoms with Crippen molar-refractivity contribution in [3.05, 3.63) is 41.6 Å². The molecular weight excluding hydrogens is 245 g/mol. The van der Waals surface area contributed by atoms with Crippen molar-refractivity contribution < 1.29 is 9.13 Å². The Hall–Kier alpha value is -1.88. The summed E-state index contributed by atoms with van der Waals surface area (Å²) in [5.41, 5.74) is 0.554. The van der Waals surface area contributed by atoms with Crippen molar-refractivity contribution in [2.24, 2.45) is 0 Å². The molecule has 2 rings (SSSR count). The van der Waals surface area contributed by atoms with Crippen molar-refractivity contribution in [2.75, 3.05) is 12.4 Å². The van der Waals surface area contributed by atoms with E-state index in [0.717, 1.165) is 0 Å². The first-order valence-electron chi connectivity index (χ1n) is 4.77. The fraction of sp³-hybridized carbons (Fsp3) is 0.0909. The van der Waals surface area contributed by atoms with Crippen molar-refractivity contribution in [2.45, 2.75) is 0 Å². The van der Waals surface area contributed by atoms with E-state index in [4.69, 9.17) is 16.3 Å². The quantitative estimate of drug-likeness (QED) is 0.854. The van der Waals surface area contributed by atoms with Gasteiger partial charge < -0.3 is 10.1 Å². The lowest BCUT2D eigenvalue weighted by Gasteiger charge is -2.07. The van der Waals surface area contributed by atoms with Gasteiger partial charge in [0.2, 0.25) is 0 Å². The molecule has 88 valence electrons. The molecule has 4 nitrogen and oxygen atoms in total. The van der Waals surface area contributed by atoms with Gasteiger partial charge in [0.15, 0.2) is 11.6 Å². The van der Waals surface area contributed by atoms with Crippen LogP contribution >= 0.6 is 11.6 Å². The first-order valence-corrected chi connectivity index (χ1v) is 5.15. The molecule has 0 saturated carbocycles. The van der Waals surface area contributed by atoms with Gasteiger partial charge in [-0.25, -0.2) is 14.4 Å². The number of hydrogen-bond acceptors (Lipinski definition) is 4. The summed E-state index contributed by atoms with van der Waals surface area (Å²) in [4.78, 5) is 7.69. The van der Waals surface area contributed by atoms with Crippen molar-refractivity contribution in [3.8, 4) is 5.75 Å². The lowest BCUT2D eigenvalue weighted by atomic mass is 10.3. The number of rotatable bonds is 3. The minimum Gasteiger partial charge on any atom is -0.494 e. The summed E-state index contributed by atoms with van der Waals surface area (Å²) in [5, 5.41) is 3.22. The summed E-state index contributed by atoms with van der Waals surface area (Å²) >= 11 is 5.70. The second-order valence-electron chi connectivity index (χ2n) is 3.20. The number of nitrogens with zero attached hydrogens (tertiary/aromatic N) is 2. The van der Waals surface area contributed by atoms with E-state index >= 15 is 0 Å². The van der Waals surface area contributed by atoms with Gasteiger partial charge in [-0.1, -0.05) is 11.6 Å². The summed E-state index contributed by atoms with van der Waals surface area (Å²) in [6, 6.07) is 6.07.